The molecular formula is C19H25N3O3. The SMILES string of the molecule is COc1ccc2c(c1)OC[C@@H](CNC(=O)CCc1n[nH]c(C)c1C)C2. The lowest BCUT2D eigenvalue weighted by Crippen LogP contribution is -2.34. The van der Waals surface area contributed by atoms with Gasteiger partial charge < -0.3 is 14.8 Å². The highest BCUT2D eigenvalue weighted by Crippen LogP contribution is 2.30. The first kappa shape index (κ1) is 17.3. The van der Waals surface area contributed by atoms with Crippen LogP contribution >= 0.6 is 0 Å². The molecule has 1 aliphatic heterocycles. The molecule has 2 N–H and O–H groups in total. The number of H-pyrrole nitrogens is 1. The molecule has 25 heavy (non-hydrogen) atoms. The van der Waals surface area contributed by atoms with E-state index < -0.39 is 0 Å². The fourth-order valence-electron chi connectivity index (χ4n) is 3.03. The zero-order chi connectivity index (χ0) is 17.8. The van der Waals surface area contributed by atoms with Gasteiger partial charge in [0.15, 0.2) is 0 Å². The summed E-state index contributed by atoms with van der Waals surface area (Å²) < 4.78 is 11.0. The first-order valence-corrected chi connectivity index (χ1v) is 8.63. The highest BCUT2D eigenvalue weighted by atomic mass is 16.5. The van der Waals surface area contributed by atoms with Crippen LogP contribution in [0.2, 0.25) is 0 Å². The summed E-state index contributed by atoms with van der Waals surface area (Å²) in [4.78, 5) is 12.1. The van der Waals surface area contributed by atoms with Crippen molar-refractivity contribution in [3.05, 3.63) is 40.7 Å². The number of aromatic nitrogens is 2. The lowest BCUT2D eigenvalue weighted by Gasteiger charge is -2.25. The number of fused-ring (bicyclic) bond motifs is 1. The van der Waals surface area contributed by atoms with Crippen molar-refractivity contribution < 1.29 is 14.3 Å². The Hall–Kier alpha value is -2.50. The van der Waals surface area contributed by atoms with E-state index in [0.717, 1.165) is 40.4 Å². The van der Waals surface area contributed by atoms with E-state index in [4.69, 9.17) is 9.47 Å². The number of benzene rings is 1. The largest absolute Gasteiger partial charge is 0.497 e. The van der Waals surface area contributed by atoms with Crippen molar-refractivity contribution in [2.24, 2.45) is 5.92 Å². The van der Waals surface area contributed by atoms with Crippen molar-refractivity contribution in [3.63, 3.8) is 0 Å². The van der Waals surface area contributed by atoms with Crippen molar-refractivity contribution in [2.45, 2.75) is 33.1 Å². The minimum absolute atomic E-state index is 0.0561. The number of methoxy groups -OCH3 is 1. The second kappa shape index (κ2) is 7.59. The zero-order valence-electron chi connectivity index (χ0n) is 15.0. The molecular weight excluding hydrogens is 318 g/mol. The molecule has 0 saturated carbocycles. The number of ether oxygens (including phenoxy) is 2. The topological polar surface area (TPSA) is 76.2 Å². The average molecular weight is 343 g/mol. The van der Waals surface area contributed by atoms with E-state index in [9.17, 15) is 4.79 Å². The van der Waals surface area contributed by atoms with E-state index in [2.05, 4.69) is 15.5 Å². The Kier molecular flexibility index (Phi) is 5.26. The van der Waals surface area contributed by atoms with Gasteiger partial charge in [0.1, 0.15) is 11.5 Å². The van der Waals surface area contributed by atoms with Crippen molar-refractivity contribution in [3.8, 4) is 11.5 Å². The van der Waals surface area contributed by atoms with Gasteiger partial charge in [0.05, 0.1) is 19.4 Å². The van der Waals surface area contributed by atoms with Crippen LogP contribution in [-0.2, 0) is 17.6 Å². The summed E-state index contributed by atoms with van der Waals surface area (Å²) in [5.74, 6) is 2.03. The molecule has 6 nitrogen and oxygen atoms in total. The Bertz CT molecular complexity index is 754. The summed E-state index contributed by atoms with van der Waals surface area (Å²) in [5.41, 5.74) is 4.33. The van der Waals surface area contributed by atoms with Crippen molar-refractivity contribution in [1.29, 1.82) is 0 Å². The van der Waals surface area contributed by atoms with Crippen LogP contribution in [0.5, 0.6) is 11.5 Å². The number of hydrogen-bond donors (Lipinski definition) is 2. The summed E-state index contributed by atoms with van der Waals surface area (Å²) in [6.07, 6.45) is 2.01. The third-order valence-corrected chi connectivity index (χ3v) is 4.79. The van der Waals surface area contributed by atoms with Gasteiger partial charge in [-0.15, -0.1) is 0 Å². The molecule has 0 bridgehead atoms. The number of carbonyl (C=O) groups is 1. The van der Waals surface area contributed by atoms with Gasteiger partial charge >= 0.3 is 0 Å². The molecule has 1 atom stereocenters. The number of hydrogen-bond acceptors (Lipinski definition) is 4. The van der Waals surface area contributed by atoms with Gasteiger partial charge in [0.25, 0.3) is 0 Å². The minimum Gasteiger partial charge on any atom is -0.497 e. The Labute approximate surface area is 147 Å². The first-order valence-electron chi connectivity index (χ1n) is 8.63. The van der Waals surface area contributed by atoms with Crippen LogP contribution in [0.4, 0.5) is 0 Å². The smallest absolute Gasteiger partial charge is 0.220 e. The summed E-state index contributed by atoms with van der Waals surface area (Å²) in [6, 6.07) is 5.89. The lowest BCUT2D eigenvalue weighted by atomic mass is 9.96. The monoisotopic (exact) mass is 343 g/mol. The molecule has 2 heterocycles. The van der Waals surface area contributed by atoms with Gasteiger partial charge in [-0.05, 0) is 37.5 Å². The van der Waals surface area contributed by atoms with Crippen LogP contribution in [0, 0.1) is 19.8 Å². The number of nitrogens with zero attached hydrogens (tertiary/aromatic N) is 1. The third-order valence-electron chi connectivity index (χ3n) is 4.79. The number of rotatable bonds is 6. The van der Waals surface area contributed by atoms with Crippen LogP contribution in [0.15, 0.2) is 18.2 Å². The second-order valence-corrected chi connectivity index (χ2v) is 6.58. The van der Waals surface area contributed by atoms with Gasteiger partial charge in [-0.2, -0.15) is 5.10 Å². The Morgan fingerprint density at radius 1 is 1.44 bits per heavy atom. The maximum absolute atomic E-state index is 12.1. The molecule has 0 radical (unpaired) electrons. The maximum atomic E-state index is 12.1. The van der Waals surface area contributed by atoms with Gasteiger partial charge in [-0.25, -0.2) is 0 Å². The summed E-state index contributed by atoms with van der Waals surface area (Å²) in [7, 11) is 1.65. The van der Waals surface area contributed by atoms with Crippen LogP contribution in [-0.4, -0.2) is 36.4 Å². The zero-order valence-corrected chi connectivity index (χ0v) is 15.0. The van der Waals surface area contributed by atoms with Gasteiger partial charge in [-0.1, -0.05) is 6.07 Å². The van der Waals surface area contributed by atoms with Crippen molar-refractivity contribution in [1.82, 2.24) is 15.5 Å². The molecule has 6 heteroatoms. The fraction of sp³-hybridized carbons (Fsp3) is 0.474. The quantitative estimate of drug-likeness (QED) is 0.844. The van der Waals surface area contributed by atoms with E-state index in [1.54, 1.807) is 7.11 Å². The molecule has 0 unspecified atom stereocenters. The molecule has 134 valence electrons. The molecule has 3 rings (SSSR count). The molecule has 0 aliphatic carbocycles. The number of aryl methyl sites for hydroxylation is 2. The summed E-state index contributed by atoms with van der Waals surface area (Å²) in [5, 5.41) is 10.2. The van der Waals surface area contributed by atoms with Crippen LogP contribution < -0.4 is 14.8 Å². The summed E-state index contributed by atoms with van der Waals surface area (Å²) in [6.45, 7) is 5.25. The molecule has 1 aromatic carbocycles. The van der Waals surface area contributed by atoms with Crippen molar-refractivity contribution in [2.75, 3.05) is 20.3 Å². The number of carbonyl (C=O) groups excluding carboxylic acids is 1. The molecule has 2 aromatic rings. The predicted octanol–water partition coefficient (Wildman–Crippen LogP) is 2.34. The van der Waals surface area contributed by atoms with Gasteiger partial charge in [-0.3, -0.25) is 9.89 Å². The van der Waals surface area contributed by atoms with Crippen molar-refractivity contribution >= 4 is 5.91 Å². The van der Waals surface area contributed by atoms with E-state index >= 15 is 0 Å². The molecule has 0 spiro atoms. The van der Waals surface area contributed by atoms with Crippen LogP contribution in [0.3, 0.4) is 0 Å². The number of nitrogens with one attached hydrogen (secondary N) is 2. The predicted molar refractivity (Wildman–Crippen MR) is 95.1 cm³/mol. The number of aromatic amines is 1. The van der Waals surface area contributed by atoms with Gasteiger partial charge in [0, 0.05) is 37.1 Å². The molecule has 1 aromatic heterocycles. The second-order valence-electron chi connectivity index (χ2n) is 6.58. The normalized spacial score (nSPS) is 16.0. The fourth-order valence-corrected chi connectivity index (χ4v) is 3.03. The molecule has 0 saturated heterocycles. The van der Waals surface area contributed by atoms with E-state index in [1.807, 2.05) is 32.0 Å². The minimum atomic E-state index is 0.0561. The highest BCUT2D eigenvalue weighted by molar-refractivity contribution is 5.76. The molecule has 1 aliphatic rings. The number of amides is 1. The van der Waals surface area contributed by atoms with E-state index in [0.29, 0.717) is 31.9 Å². The highest BCUT2D eigenvalue weighted by Gasteiger charge is 2.21. The first-order chi connectivity index (χ1) is 12.1. The standard InChI is InChI=1S/C19H25N3O3/c1-12-13(2)21-22-17(12)6-7-19(23)20-10-14-8-15-4-5-16(24-3)9-18(15)25-11-14/h4-5,9,14H,6-8,10-11H2,1-3H3,(H,20,23)(H,21,22)/t14-/m1/s1. The Morgan fingerprint density at radius 2 is 2.28 bits per heavy atom. The Balaban J connectivity index is 1.45. The average Bonchev–Trinajstić information content (AvgIpc) is 2.96. The molecule has 1 amide bonds. The van der Waals surface area contributed by atoms with Gasteiger partial charge in [0.2, 0.25) is 5.91 Å². The van der Waals surface area contributed by atoms with E-state index in [1.165, 1.54) is 0 Å². The van der Waals surface area contributed by atoms with Crippen LogP contribution in [0.1, 0.15) is 28.9 Å². The van der Waals surface area contributed by atoms with Crippen LogP contribution in [0.25, 0.3) is 0 Å². The van der Waals surface area contributed by atoms with E-state index in [-0.39, 0.29) is 5.91 Å². The molecule has 0 fully saturated rings. The maximum Gasteiger partial charge on any atom is 0.220 e. The summed E-state index contributed by atoms with van der Waals surface area (Å²) >= 11 is 0. The Morgan fingerprint density at radius 3 is 3.00 bits per heavy atom. The third kappa shape index (κ3) is 4.13. The lowest BCUT2D eigenvalue weighted by molar-refractivity contribution is -0.121.